The first kappa shape index (κ1) is 20.8. The molecular weight excluding hydrogens is 259 g/mol. The minimum absolute atomic E-state index is 0. The van der Waals surface area contributed by atoms with Crippen LogP contribution in [-0.2, 0) is 9.84 Å². The largest absolute Gasteiger partial charge is 0.330 e. The fourth-order valence-electron chi connectivity index (χ4n) is 0.890. The molecule has 0 amide bonds. The molecule has 0 aliphatic rings. The first-order valence-corrected chi connectivity index (χ1v) is 6.35. The topological polar surface area (TPSA) is 63.4 Å². The van der Waals surface area contributed by atoms with Gasteiger partial charge in [0.15, 0.2) is 9.84 Å². The van der Waals surface area contributed by atoms with E-state index < -0.39 is 9.84 Å². The summed E-state index contributed by atoms with van der Waals surface area (Å²) >= 11 is 0. The lowest BCUT2D eigenvalue weighted by Gasteiger charge is -2.09. The minimum atomic E-state index is -2.85. The molecule has 0 radical (unpaired) electrons. The lowest BCUT2D eigenvalue weighted by Crippen LogP contribution is -2.23. The highest BCUT2D eigenvalue weighted by molar-refractivity contribution is 7.91. The maximum Gasteiger partial charge on any atom is 0.151 e. The molecule has 0 heterocycles. The quantitative estimate of drug-likeness (QED) is 0.692. The van der Waals surface area contributed by atoms with Crippen molar-refractivity contribution in [2.24, 2.45) is 5.73 Å². The highest BCUT2D eigenvalue weighted by Gasteiger charge is 2.09. The predicted octanol–water partition coefficient (Wildman–Crippen LogP) is 0.545. The molecule has 0 saturated carbocycles. The molecule has 0 saturated heterocycles. The van der Waals surface area contributed by atoms with Crippen molar-refractivity contribution in [1.29, 1.82) is 0 Å². The first-order chi connectivity index (χ1) is 5.98. The number of nitrogens with two attached hydrogens (primary N) is 1. The van der Waals surface area contributed by atoms with Crippen LogP contribution in [0.15, 0.2) is 0 Å². The van der Waals surface area contributed by atoms with Crippen LogP contribution in [0.3, 0.4) is 0 Å². The highest BCUT2D eigenvalue weighted by Crippen LogP contribution is 1.97. The molecule has 7 heteroatoms. The average Bonchev–Trinajstić information content (AvgIpc) is 2.02. The van der Waals surface area contributed by atoms with Gasteiger partial charge in [-0.05, 0) is 33.5 Å². The van der Waals surface area contributed by atoms with Gasteiger partial charge in [-0.3, -0.25) is 0 Å². The Bertz CT molecular complexity index is 221. The smallest absolute Gasteiger partial charge is 0.151 e. The number of hydrogen-bond donors (Lipinski definition) is 1. The van der Waals surface area contributed by atoms with Gasteiger partial charge in [-0.25, -0.2) is 8.42 Å². The van der Waals surface area contributed by atoms with Crippen molar-refractivity contribution < 1.29 is 8.42 Å². The van der Waals surface area contributed by atoms with E-state index in [2.05, 4.69) is 0 Å². The van der Waals surface area contributed by atoms with E-state index in [9.17, 15) is 8.42 Å². The number of nitrogens with zero attached hydrogens (tertiary/aromatic N) is 1. The number of halogens is 2. The van der Waals surface area contributed by atoms with Gasteiger partial charge in [-0.2, -0.15) is 0 Å². The van der Waals surface area contributed by atoms with Crippen LogP contribution in [0.1, 0.15) is 12.8 Å². The van der Waals surface area contributed by atoms with Gasteiger partial charge in [0.1, 0.15) is 0 Å². The van der Waals surface area contributed by atoms with Gasteiger partial charge >= 0.3 is 0 Å². The monoisotopic (exact) mass is 280 g/mol. The summed E-state index contributed by atoms with van der Waals surface area (Å²) in [5.74, 6) is 0.530. The third kappa shape index (κ3) is 14.5. The van der Waals surface area contributed by atoms with Crippen LogP contribution in [0.25, 0.3) is 0 Å². The Morgan fingerprint density at radius 3 is 2.00 bits per heavy atom. The number of sulfone groups is 1. The van der Waals surface area contributed by atoms with Crippen molar-refractivity contribution in [3.63, 3.8) is 0 Å². The van der Waals surface area contributed by atoms with Crippen LogP contribution in [0, 0.1) is 0 Å². The number of rotatable bonds is 7. The van der Waals surface area contributed by atoms with Crippen molar-refractivity contribution in [2.75, 3.05) is 38.7 Å². The van der Waals surface area contributed by atoms with Crippen LogP contribution >= 0.6 is 24.8 Å². The highest BCUT2D eigenvalue weighted by atomic mass is 35.5. The molecule has 2 N–H and O–H groups in total. The molecule has 15 heavy (non-hydrogen) atoms. The van der Waals surface area contributed by atoms with Crippen molar-refractivity contribution in [2.45, 2.75) is 12.8 Å². The van der Waals surface area contributed by atoms with Crippen molar-refractivity contribution in [3.05, 3.63) is 0 Å². The molecule has 0 bridgehead atoms. The summed E-state index contributed by atoms with van der Waals surface area (Å²) in [5, 5.41) is 0. The van der Waals surface area contributed by atoms with Gasteiger partial charge in [0, 0.05) is 6.54 Å². The average molecular weight is 281 g/mol. The first-order valence-electron chi connectivity index (χ1n) is 4.53. The van der Waals surface area contributed by atoms with Gasteiger partial charge in [-0.15, -0.1) is 24.8 Å². The Labute approximate surface area is 105 Å². The molecule has 96 valence electrons. The molecule has 4 nitrogen and oxygen atoms in total. The second-order valence-corrected chi connectivity index (χ2v) is 5.75. The van der Waals surface area contributed by atoms with E-state index in [1.165, 1.54) is 0 Å². The molecule has 0 aromatic rings. The van der Waals surface area contributed by atoms with Gasteiger partial charge < -0.3 is 10.6 Å². The van der Waals surface area contributed by atoms with E-state index in [1.54, 1.807) is 0 Å². The van der Waals surface area contributed by atoms with Gasteiger partial charge in [0.05, 0.1) is 11.5 Å². The van der Waals surface area contributed by atoms with Gasteiger partial charge in [0.2, 0.25) is 0 Å². The SMILES string of the molecule is CN(C)CCS(=O)(=O)CCCCN.Cl.Cl. The fraction of sp³-hybridized carbons (Fsp3) is 1.00. The van der Waals surface area contributed by atoms with E-state index in [0.29, 0.717) is 19.5 Å². The van der Waals surface area contributed by atoms with Crippen LogP contribution < -0.4 is 5.73 Å². The molecule has 0 fully saturated rings. The molecule has 0 rings (SSSR count). The Balaban J connectivity index is -0.000000720. The van der Waals surface area contributed by atoms with Crippen LogP contribution in [-0.4, -0.2) is 52.0 Å². The van der Waals surface area contributed by atoms with Crippen molar-refractivity contribution in [1.82, 2.24) is 4.90 Å². The second kappa shape index (κ2) is 11.0. The van der Waals surface area contributed by atoms with Gasteiger partial charge in [-0.1, -0.05) is 0 Å². The van der Waals surface area contributed by atoms with Crippen molar-refractivity contribution in [3.8, 4) is 0 Å². The Morgan fingerprint density at radius 1 is 1.07 bits per heavy atom. The molecule has 0 atom stereocenters. The molecule has 0 unspecified atom stereocenters. The number of unbranched alkanes of at least 4 members (excludes halogenated alkanes) is 1. The zero-order chi connectivity index (χ0) is 10.3. The Kier molecular flexibility index (Phi) is 15.2. The molecule has 0 aliphatic heterocycles. The number of hydrogen-bond acceptors (Lipinski definition) is 4. The lowest BCUT2D eigenvalue weighted by molar-refractivity contribution is 0.432. The molecule has 0 aromatic heterocycles. The summed E-state index contributed by atoms with van der Waals surface area (Å²) in [5.41, 5.74) is 5.28. The Hall–Kier alpha value is 0.450. The van der Waals surface area contributed by atoms with Crippen LogP contribution in [0.4, 0.5) is 0 Å². The maximum absolute atomic E-state index is 11.3. The lowest BCUT2D eigenvalue weighted by atomic mass is 10.3. The maximum atomic E-state index is 11.3. The third-order valence-corrected chi connectivity index (χ3v) is 3.47. The summed E-state index contributed by atoms with van der Waals surface area (Å²) in [7, 11) is 0.895. The summed E-state index contributed by atoms with van der Waals surface area (Å²) in [6, 6.07) is 0. The van der Waals surface area contributed by atoms with E-state index in [-0.39, 0.29) is 36.3 Å². The minimum Gasteiger partial charge on any atom is -0.330 e. The summed E-state index contributed by atoms with van der Waals surface area (Å²) in [4.78, 5) is 1.88. The second-order valence-electron chi connectivity index (χ2n) is 3.45. The predicted molar refractivity (Wildman–Crippen MR) is 70.0 cm³/mol. The summed E-state index contributed by atoms with van der Waals surface area (Å²) < 4.78 is 22.7. The van der Waals surface area contributed by atoms with Crippen molar-refractivity contribution >= 4 is 34.7 Å². The van der Waals surface area contributed by atoms with Gasteiger partial charge in [0.25, 0.3) is 0 Å². The summed E-state index contributed by atoms with van der Waals surface area (Å²) in [6.45, 7) is 1.17. The summed E-state index contributed by atoms with van der Waals surface area (Å²) in [6.07, 6.45) is 1.48. The fourth-order valence-corrected chi connectivity index (χ4v) is 2.38. The molecule has 0 aliphatic carbocycles. The van der Waals surface area contributed by atoms with E-state index in [4.69, 9.17) is 5.73 Å². The molecule has 0 spiro atoms. The molecular formula is C8H22Cl2N2O2S. The van der Waals surface area contributed by atoms with E-state index in [0.717, 1.165) is 6.42 Å². The zero-order valence-electron chi connectivity index (χ0n) is 9.31. The van der Waals surface area contributed by atoms with Crippen LogP contribution in [0.2, 0.25) is 0 Å². The zero-order valence-corrected chi connectivity index (χ0v) is 11.8. The standard InChI is InChI=1S/C8H20N2O2S.2ClH/c1-10(2)6-8-13(11,12)7-4-3-5-9;;/h3-9H2,1-2H3;2*1H. The third-order valence-electron chi connectivity index (χ3n) is 1.76. The van der Waals surface area contributed by atoms with Crippen LogP contribution in [0.5, 0.6) is 0 Å². The normalized spacial score (nSPS) is 10.7. The van der Waals surface area contributed by atoms with E-state index in [1.807, 2.05) is 19.0 Å². The molecule has 0 aromatic carbocycles. The Morgan fingerprint density at radius 2 is 1.60 bits per heavy atom. The van der Waals surface area contributed by atoms with E-state index >= 15 is 0 Å².